The van der Waals surface area contributed by atoms with Crippen LogP contribution in [-0.4, -0.2) is 59.9 Å². The molecule has 12 heteroatoms. The van der Waals surface area contributed by atoms with E-state index in [4.69, 9.17) is 24.8 Å². The quantitative estimate of drug-likeness (QED) is 0.0301. The molecule has 0 amide bonds. The largest absolute Gasteiger partial charge is 0.480 e. The molecule has 63 heavy (non-hydrogen) atoms. The van der Waals surface area contributed by atoms with Crippen molar-refractivity contribution in [3.8, 4) is 0 Å². The molecule has 0 aliphatic heterocycles. The van der Waals surface area contributed by atoms with E-state index in [1.54, 1.807) is 0 Å². The standard InChI is InChI=1S/C51H100NO10P/c1-3-5-7-9-11-13-15-17-19-20-21-22-23-24-25-26-27-29-31-33-35-37-39-41-43-50(54)62-47(45-60-63(57,58)61-46-48(52)51(55)56)44-59-49(53)42-40-38-36-34-32-30-28-18-16-14-12-10-8-6-4-2/h47-48H,3-46,52H2,1-2H3,(H,55,56)(H,57,58). The van der Waals surface area contributed by atoms with Gasteiger partial charge in [-0.15, -0.1) is 0 Å². The minimum atomic E-state index is -4.71. The molecule has 374 valence electrons. The molecule has 0 aromatic rings. The van der Waals surface area contributed by atoms with Crippen LogP contribution in [0.1, 0.15) is 277 Å². The minimum Gasteiger partial charge on any atom is -0.480 e. The van der Waals surface area contributed by atoms with Crippen LogP contribution in [0.2, 0.25) is 0 Å². The predicted octanol–water partition coefficient (Wildman–Crippen LogP) is 15.0. The summed E-state index contributed by atoms with van der Waals surface area (Å²) in [5.41, 5.74) is 5.35. The number of phosphoric ester groups is 1. The molecule has 0 fully saturated rings. The number of carboxylic acid groups (broad SMARTS) is 1. The minimum absolute atomic E-state index is 0.170. The smallest absolute Gasteiger partial charge is 0.472 e. The summed E-state index contributed by atoms with van der Waals surface area (Å²) in [6.45, 7) is 2.87. The van der Waals surface area contributed by atoms with Gasteiger partial charge in [0.05, 0.1) is 13.2 Å². The van der Waals surface area contributed by atoms with Gasteiger partial charge in [0.2, 0.25) is 0 Å². The second-order valence-electron chi connectivity index (χ2n) is 18.4. The Balaban J connectivity index is 4.13. The molecule has 0 aromatic carbocycles. The fourth-order valence-electron chi connectivity index (χ4n) is 7.95. The van der Waals surface area contributed by atoms with Gasteiger partial charge in [-0.05, 0) is 12.8 Å². The molecule has 0 saturated heterocycles. The van der Waals surface area contributed by atoms with E-state index >= 15 is 0 Å². The molecule has 4 N–H and O–H groups in total. The van der Waals surface area contributed by atoms with E-state index < -0.39 is 51.1 Å². The van der Waals surface area contributed by atoms with Crippen LogP contribution < -0.4 is 5.73 Å². The Labute approximate surface area is 386 Å². The van der Waals surface area contributed by atoms with Crippen LogP contribution in [-0.2, 0) is 37.5 Å². The molecule has 0 radical (unpaired) electrons. The van der Waals surface area contributed by atoms with Gasteiger partial charge < -0.3 is 25.2 Å². The number of carbonyl (C=O) groups excluding carboxylic acids is 2. The number of hydrogen-bond acceptors (Lipinski definition) is 9. The third-order valence-electron chi connectivity index (χ3n) is 12.1. The first kappa shape index (κ1) is 61.5. The van der Waals surface area contributed by atoms with Crippen molar-refractivity contribution in [3.05, 3.63) is 0 Å². The molecule has 0 spiro atoms. The number of nitrogens with two attached hydrogens (primary N) is 1. The molecule has 3 atom stereocenters. The van der Waals surface area contributed by atoms with Gasteiger partial charge in [0.25, 0.3) is 0 Å². The van der Waals surface area contributed by atoms with Crippen molar-refractivity contribution >= 4 is 25.7 Å². The van der Waals surface area contributed by atoms with Crippen LogP contribution >= 0.6 is 7.82 Å². The lowest BCUT2D eigenvalue weighted by atomic mass is 10.0. The second kappa shape index (κ2) is 47.0. The van der Waals surface area contributed by atoms with Gasteiger partial charge in [0.15, 0.2) is 6.10 Å². The van der Waals surface area contributed by atoms with E-state index in [2.05, 4.69) is 18.4 Å². The summed E-state index contributed by atoms with van der Waals surface area (Å²) in [6, 6.07) is -1.52. The van der Waals surface area contributed by atoms with Gasteiger partial charge in [-0.1, -0.05) is 251 Å². The van der Waals surface area contributed by atoms with E-state index in [0.717, 1.165) is 38.5 Å². The van der Waals surface area contributed by atoms with Crippen LogP contribution in [0.4, 0.5) is 0 Å². The molecule has 0 aromatic heterocycles. The molecule has 0 aliphatic carbocycles. The monoisotopic (exact) mass is 918 g/mol. The number of carbonyl (C=O) groups is 3. The van der Waals surface area contributed by atoms with Crippen molar-refractivity contribution in [2.75, 3.05) is 19.8 Å². The van der Waals surface area contributed by atoms with Crippen molar-refractivity contribution in [1.29, 1.82) is 0 Å². The van der Waals surface area contributed by atoms with Crippen molar-refractivity contribution in [1.82, 2.24) is 0 Å². The Morgan fingerprint density at radius 1 is 0.429 bits per heavy atom. The summed E-state index contributed by atoms with van der Waals surface area (Å²) in [5.74, 6) is -2.35. The van der Waals surface area contributed by atoms with Crippen LogP contribution in [0.5, 0.6) is 0 Å². The fourth-order valence-corrected chi connectivity index (χ4v) is 8.73. The van der Waals surface area contributed by atoms with Gasteiger partial charge >= 0.3 is 25.7 Å². The number of ether oxygens (including phenoxy) is 2. The molecule has 3 unspecified atom stereocenters. The second-order valence-corrected chi connectivity index (χ2v) is 19.8. The summed E-state index contributed by atoms with van der Waals surface area (Å²) in [6.07, 6.45) is 48.9. The van der Waals surface area contributed by atoms with Crippen molar-refractivity contribution in [2.45, 2.75) is 289 Å². The Kier molecular flexibility index (Phi) is 45.9. The molecular weight excluding hydrogens is 818 g/mol. The number of phosphoric acid groups is 1. The maximum atomic E-state index is 12.7. The molecule has 0 bridgehead atoms. The fraction of sp³-hybridized carbons (Fsp3) is 0.941. The predicted molar refractivity (Wildman–Crippen MR) is 259 cm³/mol. The SMILES string of the molecule is CCCCCCCCCCCCCCCCCCCCCCCCCCC(=O)OC(COC(=O)CCCCCCCCCCCCCCCCC)COP(=O)(O)OCC(N)C(=O)O. The lowest BCUT2D eigenvalue weighted by molar-refractivity contribution is -0.161. The number of esters is 2. The summed E-state index contributed by atoms with van der Waals surface area (Å²) < 4.78 is 32.9. The average Bonchev–Trinajstić information content (AvgIpc) is 3.26. The van der Waals surface area contributed by atoms with Gasteiger partial charge in [-0.3, -0.25) is 23.4 Å². The molecule has 0 heterocycles. The van der Waals surface area contributed by atoms with Crippen molar-refractivity contribution < 1.29 is 47.5 Å². The number of rotatable bonds is 51. The first-order chi connectivity index (χ1) is 30.6. The zero-order valence-corrected chi connectivity index (χ0v) is 41.8. The van der Waals surface area contributed by atoms with E-state index in [1.807, 2.05) is 0 Å². The Morgan fingerprint density at radius 2 is 0.698 bits per heavy atom. The van der Waals surface area contributed by atoms with Gasteiger partial charge in [0.1, 0.15) is 12.6 Å². The molecular formula is C51H100NO10P. The Morgan fingerprint density at radius 3 is 1.00 bits per heavy atom. The summed E-state index contributed by atoms with van der Waals surface area (Å²) >= 11 is 0. The number of aliphatic carboxylic acids is 1. The highest BCUT2D eigenvalue weighted by atomic mass is 31.2. The van der Waals surface area contributed by atoms with Crippen LogP contribution in [0, 0.1) is 0 Å². The highest BCUT2D eigenvalue weighted by Gasteiger charge is 2.28. The van der Waals surface area contributed by atoms with Crippen LogP contribution in [0.25, 0.3) is 0 Å². The highest BCUT2D eigenvalue weighted by molar-refractivity contribution is 7.47. The summed E-state index contributed by atoms with van der Waals surface area (Å²) in [5, 5.41) is 8.92. The van der Waals surface area contributed by atoms with Crippen LogP contribution in [0.15, 0.2) is 0 Å². The number of carboxylic acids is 1. The number of hydrogen-bond donors (Lipinski definition) is 3. The summed E-state index contributed by atoms with van der Waals surface area (Å²) in [4.78, 5) is 46.2. The first-order valence-corrected chi connectivity index (χ1v) is 28.1. The van der Waals surface area contributed by atoms with Crippen LogP contribution in [0.3, 0.4) is 0 Å². The zero-order chi connectivity index (χ0) is 46.3. The van der Waals surface area contributed by atoms with Gasteiger partial charge in [-0.25, -0.2) is 4.57 Å². The van der Waals surface area contributed by atoms with E-state index in [-0.39, 0.29) is 19.4 Å². The lowest BCUT2D eigenvalue weighted by Crippen LogP contribution is -2.34. The first-order valence-electron chi connectivity index (χ1n) is 26.6. The Bertz CT molecular complexity index is 1080. The molecule has 0 rings (SSSR count). The topological polar surface area (TPSA) is 172 Å². The molecule has 11 nitrogen and oxygen atoms in total. The lowest BCUT2D eigenvalue weighted by Gasteiger charge is -2.20. The third kappa shape index (κ3) is 46.8. The molecule has 0 saturated carbocycles. The average molecular weight is 918 g/mol. The van der Waals surface area contributed by atoms with E-state index in [0.29, 0.717) is 12.8 Å². The van der Waals surface area contributed by atoms with E-state index in [9.17, 15) is 23.8 Å². The third-order valence-corrected chi connectivity index (χ3v) is 13.1. The van der Waals surface area contributed by atoms with Gasteiger partial charge in [0, 0.05) is 12.8 Å². The normalized spacial score (nSPS) is 13.5. The van der Waals surface area contributed by atoms with Crippen molar-refractivity contribution in [3.63, 3.8) is 0 Å². The maximum absolute atomic E-state index is 12.7. The van der Waals surface area contributed by atoms with Crippen molar-refractivity contribution in [2.24, 2.45) is 5.73 Å². The molecule has 0 aliphatic rings. The maximum Gasteiger partial charge on any atom is 0.472 e. The summed E-state index contributed by atoms with van der Waals surface area (Å²) in [7, 11) is -4.71. The Hall–Kier alpha value is -1.52. The highest BCUT2D eigenvalue weighted by Crippen LogP contribution is 2.43. The van der Waals surface area contributed by atoms with Gasteiger partial charge in [-0.2, -0.15) is 0 Å². The zero-order valence-electron chi connectivity index (χ0n) is 41.0. The number of unbranched alkanes of at least 4 members (excludes halogenated alkanes) is 37. The van der Waals surface area contributed by atoms with E-state index in [1.165, 1.54) is 199 Å².